The lowest BCUT2D eigenvalue weighted by atomic mass is 10.0. The molecule has 0 radical (unpaired) electrons. The number of likely N-dealkylation sites (tertiary alicyclic amines) is 1. The average Bonchev–Trinajstić information content (AvgIpc) is 3.22. The van der Waals surface area contributed by atoms with Crippen LogP contribution >= 0.6 is 0 Å². The number of carbonyl (C=O) groups excluding carboxylic acids is 1. The van der Waals surface area contributed by atoms with E-state index in [1.165, 1.54) is 24.3 Å². The summed E-state index contributed by atoms with van der Waals surface area (Å²) >= 11 is 0. The highest BCUT2D eigenvalue weighted by Gasteiger charge is 2.42. The number of rotatable bonds is 3. The summed E-state index contributed by atoms with van der Waals surface area (Å²) in [6, 6.07) is 2.44. The second kappa shape index (κ2) is 6.19. The third kappa shape index (κ3) is 2.96. The number of aromatic amines is 1. The Balaban J connectivity index is 1.87. The van der Waals surface area contributed by atoms with Crippen molar-refractivity contribution in [2.24, 2.45) is 0 Å². The first-order valence-corrected chi connectivity index (χ1v) is 7.11. The molecule has 0 aromatic carbocycles. The highest BCUT2D eigenvalue weighted by molar-refractivity contribution is 5.95. The second-order valence-corrected chi connectivity index (χ2v) is 5.38. The first-order chi connectivity index (χ1) is 11.4. The van der Waals surface area contributed by atoms with Crippen molar-refractivity contribution in [3.63, 3.8) is 0 Å². The van der Waals surface area contributed by atoms with Gasteiger partial charge < -0.3 is 9.64 Å². The molecule has 2 atom stereocenters. The van der Waals surface area contributed by atoms with Gasteiger partial charge in [0.15, 0.2) is 5.69 Å². The number of hydrogen-bond acceptors (Lipinski definition) is 5. The number of H-pyrrole nitrogens is 1. The van der Waals surface area contributed by atoms with Crippen LogP contribution in [0.3, 0.4) is 0 Å². The number of pyridine rings is 1. The third-order valence-corrected chi connectivity index (χ3v) is 3.98. The number of carbonyl (C=O) groups is 1. The molecule has 1 fully saturated rings. The van der Waals surface area contributed by atoms with Crippen LogP contribution in [0.4, 0.5) is 13.2 Å². The van der Waals surface area contributed by atoms with Crippen LogP contribution in [0.15, 0.2) is 24.5 Å². The van der Waals surface area contributed by atoms with Gasteiger partial charge in [0.25, 0.3) is 5.91 Å². The van der Waals surface area contributed by atoms with Crippen LogP contribution < -0.4 is 0 Å². The van der Waals surface area contributed by atoms with Gasteiger partial charge in [0.05, 0.1) is 29.5 Å². The normalized spacial score (nSPS) is 21.2. The van der Waals surface area contributed by atoms with Gasteiger partial charge in [0.2, 0.25) is 0 Å². The zero-order chi connectivity index (χ0) is 17.3. The Hall–Kier alpha value is -2.49. The van der Waals surface area contributed by atoms with Crippen LogP contribution in [-0.4, -0.2) is 57.5 Å². The molecule has 0 bridgehead atoms. The second-order valence-electron chi connectivity index (χ2n) is 5.38. The molecule has 0 saturated carbocycles. The number of methoxy groups -OCH3 is 1. The van der Waals surface area contributed by atoms with E-state index in [1.807, 2.05) is 0 Å². The number of hydrogen-bond donors (Lipinski definition) is 1. The summed E-state index contributed by atoms with van der Waals surface area (Å²) in [5.74, 6) is -0.993. The SMILES string of the molecule is CO[C@@H]1CN(C(=O)c2cccnc2C(F)(F)F)C[C@H]1c1cn[nH]n1. The molecule has 1 N–H and O–H groups in total. The summed E-state index contributed by atoms with van der Waals surface area (Å²) in [7, 11) is 1.48. The molecule has 0 spiro atoms. The van der Waals surface area contributed by atoms with Gasteiger partial charge in [-0.2, -0.15) is 28.6 Å². The predicted molar refractivity (Wildman–Crippen MR) is 75.1 cm³/mol. The van der Waals surface area contributed by atoms with Gasteiger partial charge in [-0.25, -0.2) is 0 Å². The molecular formula is C14H14F3N5O2. The van der Waals surface area contributed by atoms with E-state index in [2.05, 4.69) is 20.4 Å². The van der Waals surface area contributed by atoms with Gasteiger partial charge in [0, 0.05) is 26.4 Å². The maximum Gasteiger partial charge on any atom is 0.434 e. The van der Waals surface area contributed by atoms with Crippen LogP contribution in [0.2, 0.25) is 0 Å². The number of aromatic nitrogens is 4. The Labute approximate surface area is 134 Å². The Morgan fingerprint density at radius 3 is 2.83 bits per heavy atom. The quantitative estimate of drug-likeness (QED) is 0.914. The van der Waals surface area contributed by atoms with E-state index >= 15 is 0 Å². The number of amides is 1. The molecule has 0 aliphatic carbocycles. The molecule has 3 heterocycles. The number of ether oxygens (including phenoxy) is 1. The molecule has 0 unspecified atom stereocenters. The van der Waals surface area contributed by atoms with Crippen LogP contribution in [0, 0.1) is 0 Å². The Morgan fingerprint density at radius 2 is 2.21 bits per heavy atom. The van der Waals surface area contributed by atoms with Crippen molar-refractivity contribution in [3.05, 3.63) is 41.5 Å². The van der Waals surface area contributed by atoms with Crippen molar-refractivity contribution < 1.29 is 22.7 Å². The van der Waals surface area contributed by atoms with Gasteiger partial charge in [-0.3, -0.25) is 9.78 Å². The van der Waals surface area contributed by atoms with Crippen molar-refractivity contribution >= 4 is 5.91 Å². The minimum Gasteiger partial charge on any atom is -0.379 e. The fourth-order valence-corrected chi connectivity index (χ4v) is 2.83. The van der Waals surface area contributed by atoms with E-state index in [-0.39, 0.29) is 25.1 Å². The standard InChI is InChI=1S/C14H14F3N5O2/c1-24-11-7-22(6-9(11)10-5-19-21-20-10)13(23)8-3-2-4-18-12(8)14(15,16)17/h2-5,9,11H,6-7H2,1H3,(H,19,20,21)/t9-,11+/m0/s1. The lowest BCUT2D eigenvalue weighted by Crippen LogP contribution is -2.32. The van der Waals surface area contributed by atoms with Crippen molar-refractivity contribution in [2.75, 3.05) is 20.2 Å². The first-order valence-electron chi connectivity index (χ1n) is 7.11. The smallest absolute Gasteiger partial charge is 0.379 e. The Bertz CT molecular complexity index is 719. The average molecular weight is 341 g/mol. The van der Waals surface area contributed by atoms with Crippen LogP contribution in [-0.2, 0) is 10.9 Å². The summed E-state index contributed by atoms with van der Waals surface area (Å²) in [5, 5.41) is 10.2. The molecule has 2 aromatic heterocycles. The fourth-order valence-electron chi connectivity index (χ4n) is 2.83. The molecule has 3 rings (SSSR count). The molecule has 1 amide bonds. The Morgan fingerprint density at radius 1 is 1.42 bits per heavy atom. The molecule has 10 heteroatoms. The largest absolute Gasteiger partial charge is 0.434 e. The van der Waals surface area contributed by atoms with Gasteiger partial charge >= 0.3 is 6.18 Å². The van der Waals surface area contributed by atoms with Crippen molar-refractivity contribution in [2.45, 2.75) is 18.2 Å². The summed E-state index contributed by atoms with van der Waals surface area (Å²) < 4.78 is 44.5. The van der Waals surface area contributed by atoms with Gasteiger partial charge in [-0.15, -0.1) is 0 Å². The fraction of sp³-hybridized carbons (Fsp3) is 0.429. The lowest BCUT2D eigenvalue weighted by molar-refractivity contribution is -0.141. The van der Waals surface area contributed by atoms with Gasteiger partial charge in [-0.05, 0) is 12.1 Å². The lowest BCUT2D eigenvalue weighted by Gasteiger charge is -2.18. The molecule has 1 saturated heterocycles. The van der Waals surface area contributed by atoms with Crippen molar-refractivity contribution in [1.29, 1.82) is 0 Å². The highest BCUT2D eigenvalue weighted by Crippen LogP contribution is 2.33. The molecule has 128 valence electrons. The maximum absolute atomic E-state index is 13.1. The summed E-state index contributed by atoms with van der Waals surface area (Å²) in [5.41, 5.74) is -1.06. The molecule has 1 aliphatic heterocycles. The molecule has 7 nitrogen and oxygen atoms in total. The highest BCUT2D eigenvalue weighted by atomic mass is 19.4. The van der Waals surface area contributed by atoms with Gasteiger partial charge in [-0.1, -0.05) is 0 Å². The minimum atomic E-state index is -4.70. The monoisotopic (exact) mass is 341 g/mol. The zero-order valence-corrected chi connectivity index (χ0v) is 12.6. The van der Waals surface area contributed by atoms with E-state index in [9.17, 15) is 18.0 Å². The summed E-state index contributed by atoms with van der Waals surface area (Å²) in [6.45, 7) is 0.356. The first kappa shape index (κ1) is 16.4. The molecule has 2 aromatic rings. The van der Waals surface area contributed by atoms with E-state index in [4.69, 9.17) is 4.74 Å². The van der Waals surface area contributed by atoms with Crippen LogP contribution in [0.1, 0.15) is 27.7 Å². The third-order valence-electron chi connectivity index (χ3n) is 3.98. The summed E-state index contributed by atoms with van der Waals surface area (Å²) in [4.78, 5) is 17.2. The van der Waals surface area contributed by atoms with Crippen molar-refractivity contribution in [3.8, 4) is 0 Å². The predicted octanol–water partition coefficient (Wildman–Crippen LogP) is 1.47. The number of halogens is 3. The Kier molecular flexibility index (Phi) is 4.22. The van der Waals surface area contributed by atoms with E-state index in [0.29, 0.717) is 5.69 Å². The van der Waals surface area contributed by atoms with Gasteiger partial charge in [0.1, 0.15) is 0 Å². The van der Waals surface area contributed by atoms with Crippen LogP contribution in [0.25, 0.3) is 0 Å². The zero-order valence-electron chi connectivity index (χ0n) is 12.6. The number of nitrogens with one attached hydrogen (secondary N) is 1. The summed E-state index contributed by atoms with van der Waals surface area (Å²) in [6.07, 6.45) is -2.54. The topological polar surface area (TPSA) is 84.0 Å². The number of alkyl halides is 3. The maximum atomic E-state index is 13.1. The van der Waals surface area contributed by atoms with Crippen molar-refractivity contribution in [1.82, 2.24) is 25.3 Å². The van der Waals surface area contributed by atoms with Crippen LogP contribution in [0.5, 0.6) is 0 Å². The minimum absolute atomic E-state index is 0.166. The number of nitrogens with zero attached hydrogens (tertiary/aromatic N) is 4. The van der Waals surface area contributed by atoms with E-state index < -0.39 is 23.3 Å². The molecule has 24 heavy (non-hydrogen) atoms. The van der Waals surface area contributed by atoms with E-state index in [0.717, 1.165) is 12.3 Å². The molecular weight excluding hydrogens is 327 g/mol. The molecule has 1 aliphatic rings. The van der Waals surface area contributed by atoms with E-state index in [1.54, 1.807) is 0 Å².